The number of nitrogens with zero attached hydrogens (tertiary/aromatic N) is 3. The van der Waals surface area contributed by atoms with Crippen molar-refractivity contribution in [2.24, 2.45) is 0 Å². The number of hydrogen-bond acceptors (Lipinski definition) is 8. The average Bonchev–Trinajstić information content (AvgIpc) is 2.68. The molecule has 1 heterocycles. The van der Waals surface area contributed by atoms with Gasteiger partial charge < -0.3 is 10.1 Å². The molecule has 2 aromatic carbocycles. The molecule has 1 N–H and O–H groups in total. The van der Waals surface area contributed by atoms with Crippen LogP contribution in [0.2, 0.25) is 0 Å². The first-order chi connectivity index (χ1) is 13.5. The molecule has 0 amide bonds. The van der Waals surface area contributed by atoms with Crippen LogP contribution in [0.1, 0.15) is 13.8 Å². The highest BCUT2D eigenvalue weighted by atomic mass is 32.2. The SMILES string of the molecule is COC(=O)C(C)(C)Nc1nc(Sc2ccccc2)nc(Sc2ccccc2)n1. The molecule has 0 saturated heterocycles. The van der Waals surface area contributed by atoms with E-state index in [0.29, 0.717) is 16.3 Å². The summed E-state index contributed by atoms with van der Waals surface area (Å²) in [5, 5.41) is 4.15. The van der Waals surface area contributed by atoms with E-state index in [1.165, 1.54) is 30.6 Å². The van der Waals surface area contributed by atoms with Gasteiger partial charge in [0.1, 0.15) is 5.54 Å². The van der Waals surface area contributed by atoms with Gasteiger partial charge in [-0.3, -0.25) is 0 Å². The molecule has 28 heavy (non-hydrogen) atoms. The molecular formula is C20H20N4O2S2. The molecule has 3 rings (SSSR count). The van der Waals surface area contributed by atoms with Gasteiger partial charge >= 0.3 is 5.97 Å². The molecule has 6 nitrogen and oxygen atoms in total. The topological polar surface area (TPSA) is 77.0 Å². The highest BCUT2D eigenvalue weighted by Crippen LogP contribution is 2.30. The number of hydrogen-bond donors (Lipinski definition) is 1. The maximum atomic E-state index is 12.0. The lowest BCUT2D eigenvalue weighted by atomic mass is 10.1. The highest BCUT2D eigenvalue weighted by molar-refractivity contribution is 7.99. The number of methoxy groups -OCH3 is 1. The van der Waals surface area contributed by atoms with Crippen molar-refractivity contribution in [2.75, 3.05) is 12.4 Å². The second-order valence-electron chi connectivity index (χ2n) is 6.30. The number of esters is 1. The van der Waals surface area contributed by atoms with Crippen molar-refractivity contribution in [1.82, 2.24) is 15.0 Å². The fourth-order valence-electron chi connectivity index (χ4n) is 2.26. The molecule has 0 radical (unpaired) electrons. The van der Waals surface area contributed by atoms with Crippen LogP contribution in [0.5, 0.6) is 0 Å². The van der Waals surface area contributed by atoms with Gasteiger partial charge in [0, 0.05) is 9.79 Å². The summed E-state index contributed by atoms with van der Waals surface area (Å²) in [7, 11) is 1.35. The number of carbonyl (C=O) groups is 1. The monoisotopic (exact) mass is 412 g/mol. The molecule has 144 valence electrons. The molecule has 0 aliphatic rings. The summed E-state index contributed by atoms with van der Waals surface area (Å²) in [5.74, 6) is -0.0790. The Morgan fingerprint density at radius 2 is 1.32 bits per heavy atom. The smallest absolute Gasteiger partial charge is 0.330 e. The molecule has 0 fully saturated rings. The zero-order chi connectivity index (χ0) is 20.0. The Morgan fingerprint density at radius 1 is 0.857 bits per heavy atom. The zero-order valence-corrected chi connectivity index (χ0v) is 17.4. The minimum atomic E-state index is -0.973. The van der Waals surface area contributed by atoms with E-state index in [9.17, 15) is 4.79 Å². The van der Waals surface area contributed by atoms with Gasteiger partial charge in [-0.05, 0) is 61.6 Å². The number of benzene rings is 2. The average molecular weight is 413 g/mol. The largest absolute Gasteiger partial charge is 0.467 e. The predicted molar refractivity (Wildman–Crippen MR) is 111 cm³/mol. The van der Waals surface area contributed by atoms with Gasteiger partial charge in [0.25, 0.3) is 0 Å². The molecule has 3 aromatic rings. The zero-order valence-electron chi connectivity index (χ0n) is 15.7. The third-order valence-electron chi connectivity index (χ3n) is 3.62. The fraction of sp³-hybridized carbons (Fsp3) is 0.200. The van der Waals surface area contributed by atoms with Crippen molar-refractivity contribution in [3.8, 4) is 0 Å². The Kier molecular flexibility index (Phi) is 6.53. The number of carbonyl (C=O) groups excluding carboxylic acids is 1. The van der Waals surface area contributed by atoms with Crippen LogP contribution in [0.4, 0.5) is 5.95 Å². The molecule has 0 unspecified atom stereocenters. The lowest BCUT2D eigenvalue weighted by molar-refractivity contribution is -0.144. The Hall–Kier alpha value is -2.58. The summed E-state index contributed by atoms with van der Waals surface area (Å²) in [6.45, 7) is 3.44. The van der Waals surface area contributed by atoms with Crippen molar-refractivity contribution in [3.05, 3.63) is 60.7 Å². The van der Waals surface area contributed by atoms with E-state index in [-0.39, 0.29) is 0 Å². The first-order valence-electron chi connectivity index (χ1n) is 8.55. The lowest BCUT2D eigenvalue weighted by Crippen LogP contribution is -2.41. The van der Waals surface area contributed by atoms with Gasteiger partial charge in [0.05, 0.1) is 7.11 Å². The number of ether oxygens (including phenoxy) is 1. The maximum absolute atomic E-state index is 12.0. The van der Waals surface area contributed by atoms with E-state index in [1.54, 1.807) is 13.8 Å². The second-order valence-corrected chi connectivity index (χ2v) is 8.38. The van der Waals surface area contributed by atoms with Crippen LogP contribution >= 0.6 is 23.5 Å². The number of nitrogens with one attached hydrogen (secondary N) is 1. The number of aromatic nitrogens is 3. The van der Waals surface area contributed by atoms with E-state index in [4.69, 9.17) is 4.74 Å². The molecule has 0 aliphatic heterocycles. The minimum absolute atomic E-state index is 0.322. The number of rotatable bonds is 7. The fourth-order valence-corrected chi connectivity index (χ4v) is 3.85. The summed E-state index contributed by atoms with van der Waals surface area (Å²) in [6, 6.07) is 19.7. The van der Waals surface area contributed by atoms with E-state index in [2.05, 4.69) is 20.3 Å². The van der Waals surface area contributed by atoms with Crippen molar-refractivity contribution in [2.45, 2.75) is 39.5 Å². The predicted octanol–water partition coefficient (Wildman–Crippen LogP) is 4.54. The van der Waals surface area contributed by atoms with Gasteiger partial charge in [-0.25, -0.2) is 4.79 Å². The minimum Gasteiger partial charge on any atom is -0.467 e. The maximum Gasteiger partial charge on any atom is 0.330 e. The third-order valence-corrected chi connectivity index (χ3v) is 5.37. The standard InChI is InChI=1S/C20H20N4O2S2/c1-20(2,16(25)26-3)24-17-21-18(27-14-10-6-4-7-11-14)23-19(22-17)28-15-12-8-5-9-13-15/h4-13H,1-3H3,(H,21,22,23,24). The van der Waals surface area contributed by atoms with Crippen LogP contribution in [0, 0.1) is 0 Å². The molecule has 8 heteroatoms. The summed E-state index contributed by atoms with van der Waals surface area (Å²) in [6.07, 6.45) is 0. The normalized spacial score (nSPS) is 11.1. The molecule has 0 atom stereocenters. The van der Waals surface area contributed by atoms with E-state index in [1.807, 2.05) is 60.7 Å². The molecule has 0 bridgehead atoms. The van der Waals surface area contributed by atoms with Crippen molar-refractivity contribution in [1.29, 1.82) is 0 Å². The van der Waals surface area contributed by atoms with Crippen LogP contribution in [-0.2, 0) is 9.53 Å². The van der Waals surface area contributed by atoms with E-state index < -0.39 is 11.5 Å². The lowest BCUT2D eigenvalue weighted by Gasteiger charge is -2.23. The van der Waals surface area contributed by atoms with Crippen molar-refractivity contribution in [3.63, 3.8) is 0 Å². The first-order valence-corrected chi connectivity index (χ1v) is 10.2. The Balaban J connectivity index is 1.92. The van der Waals surface area contributed by atoms with Crippen LogP contribution in [0.3, 0.4) is 0 Å². The quantitative estimate of drug-likeness (QED) is 0.567. The van der Waals surface area contributed by atoms with Crippen LogP contribution < -0.4 is 5.32 Å². The highest BCUT2D eigenvalue weighted by Gasteiger charge is 2.30. The van der Waals surface area contributed by atoms with Crippen LogP contribution in [0.15, 0.2) is 80.8 Å². The van der Waals surface area contributed by atoms with E-state index in [0.717, 1.165) is 9.79 Å². The van der Waals surface area contributed by atoms with Crippen molar-refractivity contribution < 1.29 is 9.53 Å². The van der Waals surface area contributed by atoms with Gasteiger partial charge in [0.2, 0.25) is 5.95 Å². The van der Waals surface area contributed by atoms with Gasteiger partial charge in [-0.1, -0.05) is 36.4 Å². The second kappa shape index (κ2) is 9.07. The van der Waals surface area contributed by atoms with Gasteiger partial charge in [-0.15, -0.1) is 0 Å². The third kappa shape index (κ3) is 5.46. The molecule has 1 aromatic heterocycles. The molecule has 0 aliphatic carbocycles. The summed E-state index contributed by atoms with van der Waals surface area (Å²) < 4.78 is 4.86. The Bertz CT molecular complexity index is 878. The van der Waals surface area contributed by atoms with Gasteiger partial charge in [0.15, 0.2) is 10.3 Å². The summed E-state index contributed by atoms with van der Waals surface area (Å²) in [5.41, 5.74) is -0.973. The van der Waals surface area contributed by atoms with Crippen LogP contribution in [0.25, 0.3) is 0 Å². The summed E-state index contributed by atoms with van der Waals surface area (Å²) >= 11 is 2.87. The first kappa shape index (κ1) is 20.2. The number of anilines is 1. The van der Waals surface area contributed by atoms with Crippen LogP contribution in [-0.4, -0.2) is 33.6 Å². The molecule has 0 saturated carbocycles. The van der Waals surface area contributed by atoms with Crippen molar-refractivity contribution >= 4 is 35.4 Å². The summed E-state index contributed by atoms with van der Waals surface area (Å²) in [4.78, 5) is 27.6. The van der Waals surface area contributed by atoms with Gasteiger partial charge in [-0.2, -0.15) is 15.0 Å². The Labute approximate surface area is 172 Å². The molecule has 0 spiro atoms. The molecular weight excluding hydrogens is 392 g/mol. The van der Waals surface area contributed by atoms with E-state index >= 15 is 0 Å². The Morgan fingerprint density at radius 3 is 1.75 bits per heavy atom.